The van der Waals surface area contributed by atoms with Crippen LogP contribution >= 0.6 is 22.6 Å². The SMILES string of the molecule is Cc1cccc(I)c1CC#N. The van der Waals surface area contributed by atoms with Crippen molar-refractivity contribution < 1.29 is 0 Å². The van der Waals surface area contributed by atoms with Gasteiger partial charge in [-0.15, -0.1) is 0 Å². The molecule has 0 aromatic heterocycles. The maximum atomic E-state index is 8.52. The Morgan fingerprint density at radius 2 is 2.27 bits per heavy atom. The minimum Gasteiger partial charge on any atom is -0.198 e. The molecule has 0 saturated carbocycles. The van der Waals surface area contributed by atoms with Gasteiger partial charge in [0.05, 0.1) is 12.5 Å². The quantitative estimate of drug-likeness (QED) is 0.709. The van der Waals surface area contributed by atoms with E-state index >= 15 is 0 Å². The lowest BCUT2D eigenvalue weighted by Gasteiger charge is -2.02. The molecular weight excluding hydrogens is 249 g/mol. The lowest BCUT2D eigenvalue weighted by atomic mass is 10.1. The fourth-order valence-corrected chi connectivity index (χ4v) is 1.79. The van der Waals surface area contributed by atoms with Crippen molar-refractivity contribution in [2.75, 3.05) is 0 Å². The number of aryl methyl sites for hydroxylation is 1. The third-order valence-electron chi connectivity index (χ3n) is 1.61. The Morgan fingerprint density at radius 1 is 1.55 bits per heavy atom. The fourth-order valence-electron chi connectivity index (χ4n) is 0.969. The van der Waals surface area contributed by atoms with Crippen molar-refractivity contribution in [2.45, 2.75) is 13.3 Å². The van der Waals surface area contributed by atoms with Crippen molar-refractivity contribution in [1.82, 2.24) is 0 Å². The highest BCUT2D eigenvalue weighted by Crippen LogP contribution is 2.16. The van der Waals surface area contributed by atoms with E-state index in [1.807, 2.05) is 25.1 Å². The van der Waals surface area contributed by atoms with Gasteiger partial charge in [-0.2, -0.15) is 5.26 Å². The molecule has 0 N–H and O–H groups in total. The second kappa shape index (κ2) is 3.72. The van der Waals surface area contributed by atoms with Crippen LogP contribution in [0.3, 0.4) is 0 Å². The molecule has 0 saturated heterocycles. The summed E-state index contributed by atoms with van der Waals surface area (Å²) in [6.07, 6.45) is 0.519. The Labute approximate surface area is 80.2 Å². The molecule has 2 heteroatoms. The fraction of sp³-hybridized carbons (Fsp3) is 0.222. The summed E-state index contributed by atoms with van der Waals surface area (Å²) in [5.74, 6) is 0. The Bertz CT molecular complexity index is 279. The normalized spacial score (nSPS) is 9.18. The molecule has 0 aliphatic heterocycles. The van der Waals surface area contributed by atoms with Crippen LogP contribution in [0.4, 0.5) is 0 Å². The molecular formula is C9H8IN. The van der Waals surface area contributed by atoms with Gasteiger partial charge in [-0.05, 0) is 46.7 Å². The highest BCUT2D eigenvalue weighted by Gasteiger charge is 2.00. The predicted molar refractivity (Wildman–Crippen MR) is 53.2 cm³/mol. The van der Waals surface area contributed by atoms with Crippen molar-refractivity contribution >= 4 is 22.6 Å². The Morgan fingerprint density at radius 3 is 2.82 bits per heavy atom. The summed E-state index contributed by atoms with van der Waals surface area (Å²) < 4.78 is 1.18. The van der Waals surface area contributed by atoms with E-state index in [1.165, 1.54) is 9.13 Å². The molecule has 1 rings (SSSR count). The zero-order valence-corrected chi connectivity index (χ0v) is 8.42. The third-order valence-corrected chi connectivity index (χ3v) is 2.62. The average molecular weight is 257 g/mol. The van der Waals surface area contributed by atoms with Gasteiger partial charge in [0.25, 0.3) is 0 Å². The van der Waals surface area contributed by atoms with E-state index < -0.39 is 0 Å². The van der Waals surface area contributed by atoms with Crippen molar-refractivity contribution in [3.05, 3.63) is 32.9 Å². The van der Waals surface area contributed by atoms with E-state index in [9.17, 15) is 0 Å². The molecule has 1 aromatic carbocycles. The van der Waals surface area contributed by atoms with Gasteiger partial charge >= 0.3 is 0 Å². The van der Waals surface area contributed by atoms with E-state index in [-0.39, 0.29) is 0 Å². The van der Waals surface area contributed by atoms with Crippen LogP contribution in [0.15, 0.2) is 18.2 Å². The van der Waals surface area contributed by atoms with Crippen LogP contribution in [0.1, 0.15) is 11.1 Å². The van der Waals surface area contributed by atoms with Gasteiger partial charge in [-0.25, -0.2) is 0 Å². The molecule has 0 atom stereocenters. The van der Waals surface area contributed by atoms with Crippen LogP contribution in [0.5, 0.6) is 0 Å². The summed E-state index contributed by atoms with van der Waals surface area (Å²) >= 11 is 2.26. The van der Waals surface area contributed by atoms with Crippen molar-refractivity contribution in [3.8, 4) is 6.07 Å². The molecule has 0 aliphatic carbocycles. The first-order valence-electron chi connectivity index (χ1n) is 3.36. The third kappa shape index (κ3) is 1.93. The lowest BCUT2D eigenvalue weighted by Crippen LogP contribution is -1.90. The molecule has 56 valence electrons. The van der Waals surface area contributed by atoms with Crippen LogP contribution in [0.25, 0.3) is 0 Å². The number of hydrogen-bond donors (Lipinski definition) is 0. The molecule has 0 unspecified atom stereocenters. The average Bonchev–Trinajstić information content (AvgIpc) is 1.97. The molecule has 1 aromatic rings. The zero-order chi connectivity index (χ0) is 8.27. The van der Waals surface area contributed by atoms with Crippen LogP contribution in [-0.2, 0) is 6.42 Å². The standard InChI is InChI=1S/C9H8IN/c1-7-3-2-4-9(10)8(7)5-6-11/h2-4H,5H2,1H3. The van der Waals surface area contributed by atoms with E-state index in [2.05, 4.69) is 28.7 Å². The molecule has 0 radical (unpaired) electrons. The van der Waals surface area contributed by atoms with Crippen LogP contribution in [0, 0.1) is 21.8 Å². The first-order chi connectivity index (χ1) is 5.25. The predicted octanol–water partition coefficient (Wildman–Crippen LogP) is 2.67. The highest BCUT2D eigenvalue weighted by atomic mass is 127. The molecule has 0 amide bonds. The number of hydrogen-bond acceptors (Lipinski definition) is 1. The minimum absolute atomic E-state index is 0.519. The number of nitriles is 1. The lowest BCUT2D eigenvalue weighted by molar-refractivity contribution is 1.19. The smallest absolute Gasteiger partial charge is 0.0670 e. The van der Waals surface area contributed by atoms with Crippen molar-refractivity contribution in [3.63, 3.8) is 0 Å². The van der Waals surface area contributed by atoms with Crippen LogP contribution < -0.4 is 0 Å². The van der Waals surface area contributed by atoms with E-state index in [4.69, 9.17) is 5.26 Å². The Kier molecular flexibility index (Phi) is 2.89. The van der Waals surface area contributed by atoms with E-state index in [0.29, 0.717) is 6.42 Å². The minimum atomic E-state index is 0.519. The van der Waals surface area contributed by atoms with Crippen LogP contribution in [0.2, 0.25) is 0 Å². The number of benzene rings is 1. The van der Waals surface area contributed by atoms with E-state index in [1.54, 1.807) is 0 Å². The summed E-state index contributed by atoms with van der Waals surface area (Å²) in [7, 11) is 0. The summed E-state index contributed by atoms with van der Waals surface area (Å²) in [6, 6.07) is 8.24. The molecule has 11 heavy (non-hydrogen) atoms. The van der Waals surface area contributed by atoms with Gasteiger partial charge in [0.2, 0.25) is 0 Å². The van der Waals surface area contributed by atoms with Gasteiger partial charge in [0.1, 0.15) is 0 Å². The summed E-state index contributed by atoms with van der Waals surface area (Å²) in [5.41, 5.74) is 2.37. The first kappa shape index (κ1) is 8.54. The summed E-state index contributed by atoms with van der Waals surface area (Å²) in [5, 5.41) is 8.52. The van der Waals surface area contributed by atoms with Gasteiger partial charge < -0.3 is 0 Å². The maximum Gasteiger partial charge on any atom is 0.0670 e. The maximum absolute atomic E-state index is 8.52. The van der Waals surface area contributed by atoms with E-state index in [0.717, 1.165) is 5.56 Å². The molecule has 0 fully saturated rings. The largest absolute Gasteiger partial charge is 0.198 e. The topological polar surface area (TPSA) is 23.8 Å². The first-order valence-corrected chi connectivity index (χ1v) is 4.44. The van der Waals surface area contributed by atoms with Gasteiger partial charge in [0.15, 0.2) is 0 Å². The highest BCUT2D eigenvalue weighted by molar-refractivity contribution is 14.1. The van der Waals surface area contributed by atoms with Crippen molar-refractivity contribution in [1.29, 1.82) is 5.26 Å². The molecule has 0 aliphatic rings. The molecule has 1 nitrogen and oxygen atoms in total. The second-order valence-corrected chi connectivity index (χ2v) is 3.53. The number of halogens is 1. The Balaban J connectivity index is 3.12. The summed E-state index contributed by atoms with van der Waals surface area (Å²) in [4.78, 5) is 0. The van der Waals surface area contributed by atoms with Crippen molar-refractivity contribution in [2.24, 2.45) is 0 Å². The molecule has 0 spiro atoms. The Hall–Kier alpha value is -0.560. The second-order valence-electron chi connectivity index (χ2n) is 2.37. The van der Waals surface area contributed by atoms with Gasteiger partial charge in [0, 0.05) is 3.57 Å². The molecule has 0 heterocycles. The van der Waals surface area contributed by atoms with Crippen LogP contribution in [-0.4, -0.2) is 0 Å². The number of nitrogens with zero attached hydrogens (tertiary/aromatic N) is 1. The number of rotatable bonds is 1. The van der Waals surface area contributed by atoms with Gasteiger partial charge in [-0.1, -0.05) is 12.1 Å². The van der Waals surface area contributed by atoms with Gasteiger partial charge in [-0.3, -0.25) is 0 Å². The summed E-state index contributed by atoms with van der Waals surface area (Å²) in [6.45, 7) is 2.04. The molecule has 0 bridgehead atoms. The zero-order valence-electron chi connectivity index (χ0n) is 6.26. The monoisotopic (exact) mass is 257 g/mol.